The van der Waals surface area contributed by atoms with Gasteiger partial charge in [0, 0.05) is 0 Å². The SMILES string of the molecule is Nc1nc(Cl)nc2c1ncn2[C@@H]1O[C@@H]2COP(=O)(S)O[C@H]3C(O)[C@@H](COP(O)(=S)O[C@@H]2C1F)O[C@H]3n1cnc2c(N)ncnc21. The fourth-order valence-corrected chi connectivity index (χ4v) is 8.30. The molecule has 4 aromatic rings. The van der Waals surface area contributed by atoms with Crippen LogP contribution in [0.3, 0.4) is 0 Å². The summed E-state index contributed by atoms with van der Waals surface area (Å²) in [6.07, 6.45) is -8.18. The Hall–Kier alpha value is -2.17. The van der Waals surface area contributed by atoms with Gasteiger partial charge in [0.2, 0.25) is 5.28 Å². The molecule has 0 spiro atoms. The van der Waals surface area contributed by atoms with Gasteiger partial charge >= 0.3 is 13.5 Å². The molecule has 10 atom stereocenters. The summed E-state index contributed by atoms with van der Waals surface area (Å²) >= 11 is 15.2. The van der Waals surface area contributed by atoms with E-state index in [2.05, 4.69) is 42.2 Å². The highest BCUT2D eigenvalue weighted by Crippen LogP contribution is 2.58. The number of fused-ring (bicyclic) bond motifs is 5. The zero-order chi connectivity index (χ0) is 31.8. The predicted molar refractivity (Wildman–Crippen MR) is 158 cm³/mol. The Bertz CT molecular complexity index is 1890. The van der Waals surface area contributed by atoms with Crippen LogP contribution in [0.15, 0.2) is 19.0 Å². The molecule has 6 N–H and O–H groups in total. The van der Waals surface area contributed by atoms with Crippen LogP contribution < -0.4 is 11.5 Å². The molecule has 7 heterocycles. The molecule has 0 aliphatic carbocycles. The number of imidazole rings is 2. The number of halogens is 2. The third kappa shape index (κ3) is 5.71. The number of aliphatic hydroxyl groups is 1. The van der Waals surface area contributed by atoms with Gasteiger partial charge in [-0.1, -0.05) is 12.2 Å². The van der Waals surface area contributed by atoms with Crippen LogP contribution in [0.4, 0.5) is 16.0 Å². The molecule has 19 nitrogen and oxygen atoms in total. The van der Waals surface area contributed by atoms with Crippen LogP contribution in [0.25, 0.3) is 22.3 Å². The van der Waals surface area contributed by atoms with Crippen molar-refractivity contribution in [2.75, 3.05) is 24.7 Å². The van der Waals surface area contributed by atoms with Gasteiger partial charge in [-0.25, -0.2) is 28.9 Å². The van der Waals surface area contributed by atoms with Crippen LogP contribution in [0.1, 0.15) is 12.5 Å². The van der Waals surface area contributed by atoms with Crippen molar-refractivity contribution in [3.63, 3.8) is 0 Å². The van der Waals surface area contributed by atoms with Crippen molar-refractivity contribution >= 4 is 83.1 Å². The van der Waals surface area contributed by atoms with Gasteiger partial charge in [-0.05, 0) is 23.4 Å². The van der Waals surface area contributed by atoms with Gasteiger partial charge in [0.25, 0.3) is 0 Å². The minimum atomic E-state index is -4.37. The zero-order valence-electron chi connectivity index (χ0n) is 22.3. The highest BCUT2D eigenvalue weighted by atomic mass is 35.5. The fraction of sp³-hybridized carbons (Fsp3) is 0.500. The van der Waals surface area contributed by atoms with Crippen LogP contribution >= 0.6 is 37.4 Å². The average molecular weight is 727 g/mol. The number of rotatable bonds is 2. The summed E-state index contributed by atoms with van der Waals surface area (Å²) in [5.74, 6) is 0.0278. The van der Waals surface area contributed by atoms with E-state index in [4.69, 9.17) is 62.4 Å². The number of alkyl halides is 1. The number of aromatic nitrogens is 8. The Morgan fingerprint density at radius 3 is 2.38 bits per heavy atom. The number of nitrogens with zero attached hydrogens (tertiary/aromatic N) is 8. The minimum Gasteiger partial charge on any atom is -0.387 e. The Morgan fingerprint density at radius 1 is 0.956 bits per heavy atom. The van der Waals surface area contributed by atoms with E-state index in [0.717, 1.165) is 0 Å². The molecule has 4 unspecified atom stereocenters. The molecule has 4 aromatic heterocycles. The highest BCUT2D eigenvalue weighted by Gasteiger charge is 2.53. The normalized spacial score (nSPS) is 37.7. The number of thiol groups is 1. The molecular weight excluding hydrogens is 705 g/mol. The van der Waals surface area contributed by atoms with Crippen LogP contribution in [0.2, 0.25) is 5.28 Å². The lowest BCUT2D eigenvalue weighted by Crippen LogP contribution is -2.35. The Balaban J connectivity index is 1.20. The quantitative estimate of drug-likeness (QED) is 0.110. The lowest BCUT2D eigenvalue weighted by molar-refractivity contribution is -0.0584. The zero-order valence-corrected chi connectivity index (χ0v) is 26.5. The van der Waals surface area contributed by atoms with Crippen molar-refractivity contribution in [2.45, 2.75) is 49.1 Å². The van der Waals surface area contributed by atoms with E-state index in [1.54, 1.807) is 0 Å². The molecule has 3 aliphatic rings. The predicted octanol–water partition coefficient (Wildman–Crippen LogP) is 1.05. The summed E-state index contributed by atoms with van der Waals surface area (Å²) in [6, 6.07) is 0. The molecule has 3 aliphatic heterocycles. The minimum absolute atomic E-state index is 0.0468. The van der Waals surface area contributed by atoms with E-state index in [1.165, 1.54) is 28.1 Å². The molecule has 7 rings (SSSR count). The van der Waals surface area contributed by atoms with E-state index >= 15 is 4.39 Å². The average Bonchev–Trinajstić information content (AvgIpc) is 3.72. The van der Waals surface area contributed by atoms with E-state index in [0.29, 0.717) is 0 Å². The van der Waals surface area contributed by atoms with Gasteiger partial charge in [-0.3, -0.25) is 22.7 Å². The van der Waals surface area contributed by atoms with Crippen LogP contribution in [-0.2, 0) is 43.9 Å². The molecule has 3 saturated heterocycles. The fourth-order valence-electron chi connectivity index (χ4n) is 5.23. The van der Waals surface area contributed by atoms with Crippen molar-refractivity contribution in [1.29, 1.82) is 0 Å². The van der Waals surface area contributed by atoms with Gasteiger partial charge in [0.1, 0.15) is 47.9 Å². The number of anilines is 2. The van der Waals surface area contributed by atoms with Crippen molar-refractivity contribution in [1.82, 2.24) is 39.0 Å². The van der Waals surface area contributed by atoms with Gasteiger partial charge in [0.05, 0.1) is 25.9 Å². The van der Waals surface area contributed by atoms with Crippen molar-refractivity contribution < 1.29 is 46.5 Å². The van der Waals surface area contributed by atoms with E-state index in [1.807, 2.05) is 0 Å². The number of hydrogen-bond acceptors (Lipinski definition) is 17. The van der Waals surface area contributed by atoms with Crippen LogP contribution in [-0.4, -0.2) is 98.9 Å². The molecule has 0 amide bonds. The third-order valence-electron chi connectivity index (χ3n) is 7.25. The van der Waals surface area contributed by atoms with Crippen LogP contribution in [0, 0.1) is 0 Å². The van der Waals surface area contributed by atoms with Crippen molar-refractivity contribution in [2.24, 2.45) is 0 Å². The standard InChI is InChI=1S/C20H22ClFN10O9P2S2/c21-20-29-15(24)10-17(30-20)32(5-28-10)18-8(22)12-7(39-18)2-37-43(35,45)41-13-11(33)6(1-36-42(34,44)40-12)38-19(13)31-4-27-9-14(23)25-3-26-16(9)31/h3-8,11-13,18-19,33H,1-2H2,(H,34,44)(H,35,45)(H2,23,25,26)(H2,24,29,30)/t6-,7-,8?,11?,12+,13+,18-,19-,42?,43?/m1/s1. The molecule has 0 saturated carbocycles. The smallest absolute Gasteiger partial charge is 0.386 e. The van der Waals surface area contributed by atoms with Crippen LogP contribution in [0.5, 0.6) is 0 Å². The second-order valence-electron chi connectivity index (χ2n) is 10.0. The molecule has 0 radical (unpaired) electrons. The monoisotopic (exact) mass is 726 g/mol. The Labute approximate surface area is 266 Å². The Kier molecular flexibility index (Phi) is 8.04. The topological polar surface area (TPSA) is 252 Å². The molecule has 45 heavy (non-hydrogen) atoms. The maximum atomic E-state index is 16.1. The van der Waals surface area contributed by atoms with E-state index < -0.39 is 75.9 Å². The van der Waals surface area contributed by atoms with Crippen molar-refractivity contribution in [3.8, 4) is 0 Å². The molecular formula is C20H22ClFN10O9P2S2. The first-order chi connectivity index (χ1) is 21.3. The second kappa shape index (κ2) is 11.5. The molecule has 242 valence electrons. The number of ether oxygens (including phenoxy) is 2. The van der Waals surface area contributed by atoms with Gasteiger partial charge in [-0.2, -0.15) is 9.97 Å². The molecule has 2 bridgehead atoms. The third-order valence-corrected chi connectivity index (χ3v) is 10.6. The molecule has 25 heteroatoms. The summed E-state index contributed by atoms with van der Waals surface area (Å²) in [6.45, 7) is -9.81. The number of hydrogen-bond donors (Lipinski definition) is 5. The first kappa shape index (κ1) is 31.4. The van der Waals surface area contributed by atoms with Gasteiger partial charge < -0.3 is 35.5 Å². The lowest BCUT2D eigenvalue weighted by atomic mass is 10.1. The number of aliphatic hydroxyl groups excluding tert-OH is 1. The number of nitrogen functional groups attached to an aromatic ring is 2. The lowest BCUT2D eigenvalue weighted by Gasteiger charge is -2.27. The largest absolute Gasteiger partial charge is 0.387 e. The Morgan fingerprint density at radius 2 is 1.62 bits per heavy atom. The summed E-state index contributed by atoms with van der Waals surface area (Å²) in [5.41, 5.74) is 12.4. The maximum absolute atomic E-state index is 16.1. The second-order valence-corrected chi connectivity index (χ2v) is 16.0. The maximum Gasteiger partial charge on any atom is 0.386 e. The summed E-state index contributed by atoms with van der Waals surface area (Å²) in [7, 11) is 0. The van der Waals surface area contributed by atoms with E-state index in [9.17, 15) is 14.6 Å². The van der Waals surface area contributed by atoms with Gasteiger partial charge in [-0.15, -0.1) is 0 Å². The molecule has 3 fully saturated rings. The van der Waals surface area contributed by atoms with Crippen molar-refractivity contribution in [3.05, 3.63) is 24.3 Å². The first-order valence-corrected chi connectivity index (χ1v) is 18.5. The highest BCUT2D eigenvalue weighted by molar-refractivity contribution is 8.44. The summed E-state index contributed by atoms with van der Waals surface area (Å²) in [4.78, 5) is 35.2. The summed E-state index contributed by atoms with van der Waals surface area (Å²) in [5, 5.41) is 10.9. The number of nitrogens with two attached hydrogens (primary N) is 2. The van der Waals surface area contributed by atoms with Gasteiger partial charge in [0.15, 0.2) is 41.6 Å². The first-order valence-electron chi connectivity index (χ1n) is 12.8. The molecule has 0 aromatic carbocycles. The van der Waals surface area contributed by atoms with E-state index in [-0.39, 0.29) is 39.2 Å². The summed E-state index contributed by atoms with van der Waals surface area (Å²) < 4.78 is 66.3.